The molecule has 0 aliphatic rings. The standard InChI is InChI=1S/C24H25F3N2O5S/c1-23(2,31)12-5-13-34-21-20(16-8-10-19(11-9-16)35(3,32)33)15-28-29(22(21)30)18-7-4-6-17(14-18)24(25,26)27/h4,6-11,14-15,31H,5,12-13H2,1-3H3. The molecule has 0 aliphatic carbocycles. The Morgan fingerprint density at radius 3 is 2.31 bits per heavy atom. The highest BCUT2D eigenvalue weighted by Crippen LogP contribution is 2.31. The van der Waals surface area contributed by atoms with Gasteiger partial charge in [-0.1, -0.05) is 18.2 Å². The third-order valence-corrected chi connectivity index (χ3v) is 6.25. The van der Waals surface area contributed by atoms with Gasteiger partial charge < -0.3 is 9.84 Å². The number of alkyl halides is 3. The average molecular weight is 511 g/mol. The fourth-order valence-corrected chi connectivity index (χ4v) is 3.97. The van der Waals surface area contributed by atoms with Crippen molar-refractivity contribution < 1.29 is 31.4 Å². The summed E-state index contributed by atoms with van der Waals surface area (Å²) >= 11 is 0. The van der Waals surface area contributed by atoms with Gasteiger partial charge in [0.05, 0.1) is 34.6 Å². The fourth-order valence-electron chi connectivity index (χ4n) is 3.34. The summed E-state index contributed by atoms with van der Waals surface area (Å²) < 4.78 is 69.6. The second kappa shape index (κ2) is 9.82. The van der Waals surface area contributed by atoms with E-state index in [-0.39, 0.29) is 28.5 Å². The molecule has 11 heteroatoms. The third-order valence-electron chi connectivity index (χ3n) is 5.12. The molecule has 0 fully saturated rings. The van der Waals surface area contributed by atoms with Crippen molar-refractivity contribution in [3.05, 3.63) is 70.6 Å². The molecule has 0 saturated carbocycles. The van der Waals surface area contributed by atoms with E-state index in [0.29, 0.717) is 18.4 Å². The lowest BCUT2D eigenvalue weighted by atomic mass is 10.0. The van der Waals surface area contributed by atoms with Crippen LogP contribution in [-0.2, 0) is 16.0 Å². The maximum Gasteiger partial charge on any atom is 0.416 e. The summed E-state index contributed by atoms with van der Waals surface area (Å²) in [5, 5.41) is 14.0. The van der Waals surface area contributed by atoms with Crippen LogP contribution in [0.1, 0.15) is 32.3 Å². The molecule has 0 unspecified atom stereocenters. The molecule has 188 valence electrons. The Labute approximate surface area is 200 Å². The van der Waals surface area contributed by atoms with Crippen molar-refractivity contribution in [2.45, 2.75) is 43.4 Å². The predicted molar refractivity (Wildman–Crippen MR) is 124 cm³/mol. The predicted octanol–water partition coefficient (Wildman–Crippen LogP) is 4.25. The zero-order chi connectivity index (χ0) is 26.0. The van der Waals surface area contributed by atoms with Gasteiger partial charge in [0.25, 0.3) is 0 Å². The van der Waals surface area contributed by atoms with Gasteiger partial charge in [-0.25, -0.2) is 8.42 Å². The van der Waals surface area contributed by atoms with E-state index in [1.165, 1.54) is 42.6 Å². The van der Waals surface area contributed by atoms with Crippen LogP contribution in [0, 0.1) is 0 Å². The first-order valence-electron chi connectivity index (χ1n) is 10.6. The molecule has 3 aromatic rings. The minimum absolute atomic E-state index is 0.0558. The van der Waals surface area contributed by atoms with E-state index >= 15 is 0 Å². The summed E-state index contributed by atoms with van der Waals surface area (Å²) in [5.74, 6) is -0.153. The van der Waals surface area contributed by atoms with Gasteiger partial charge in [-0.05, 0) is 62.6 Å². The topological polar surface area (TPSA) is 98.5 Å². The Kier molecular flexibility index (Phi) is 7.42. The lowest BCUT2D eigenvalue weighted by molar-refractivity contribution is -0.137. The smallest absolute Gasteiger partial charge is 0.416 e. The first-order valence-corrected chi connectivity index (χ1v) is 12.5. The van der Waals surface area contributed by atoms with Gasteiger partial charge in [0.2, 0.25) is 0 Å². The minimum atomic E-state index is -4.60. The lowest BCUT2D eigenvalue weighted by Crippen LogP contribution is -2.25. The Morgan fingerprint density at radius 2 is 1.74 bits per heavy atom. The van der Waals surface area contributed by atoms with Gasteiger partial charge in [-0.3, -0.25) is 4.79 Å². The van der Waals surface area contributed by atoms with E-state index in [9.17, 15) is 31.5 Å². The summed E-state index contributed by atoms with van der Waals surface area (Å²) in [6.07, 6.45) is -1.46. The first kappa shape index (κ1) is 26.4. The van der Waals surface area contributed by atoms with Crippen LogP contribution < -0.4 is 10.3 Å². The first-order chi connectivity index (χ1) is 16.2. The maximum atomic E-state index is 13.3. The second-order valence-corrected chi connectivity index (χ2v) is 10.7. The Morgan fingerprint density at radius 1 is 1.09 bits per heavy atom. The Balaban J connectivity index is 2.07. The van der Waals surface area contributed by atoms with Gasteiger partial charge in [0.1, 0.15) is 0 Å². The quantitative estimate of drug-likeness (QED) is 0.455. The molecule has 35 heavy (non-hydrogen) atoms. The van der Waals surface area contributed by atoms with Gasteiger partial charge in [0.15, 0.2) is 15.6 Å². The van der Waals surface area contributed by atoms with Crippen LogP contribution >= 0.6 is 0 Å². The van der Waals surface area contributed by atoms with E-state index < -0.39 is 32.7 Å². The van der Waals surface area contributed by atoms with Crippen molar-refractivity contribution in [3.63, 3.8) is 0 Å². The molecule has 1 aromatic heterocycles. The van der Waals surface area contributed by atoms with Crippen LogP contribution in [0.4, 0.5) is 13.2 Å². The molecular formula is C24H25F3N2O5S. The minimum Gasteiger partial charge on any atom is -0.487 e. The highest BCUT2D eigenvalue weighted by Gasteiger charge is 2.31. The number of ether oxygens (including phenoxy) is 1. The Hall–Kier alpha value is -3.18. The number of aliphatic hydroxyl groups is 1. The molecular weight excluding hydrogens is 485 g/mol. The molecule has 0 spiro atoms. The molecule has 1 N–H and O–H groups in total. The molecule has 0 atom stereocenters. The van der Waals surface area contributed by atoms with Crippen molar-refractivity contribution in [3.8, 4) is 22.6 Å². The van der Waals surface area contributed by atoms with Crippen LogP contribution in [-0.4, -0.2) is 41.8 Å². The normalized spacial score (nSPS) is 12.5. The SMILES string of the molecule is CC(C)(O)CCCOc1c(-c2ccc(S(C)(=O)=O)cc2)cnn(-c2cccc(C(F)(F)F)c2)c1=O. The van der Waals surface area contributed by atoms with Gasteiger partial charge in [-0.15, -0.1) is 0 Å². The third kappa shape index (κ3) is 6.70. The van der Waals surface area contributed by atoms with E-state index in [1.54, 1.807) is 13.8 Å². The average Bonchev–Trinajstić information content (AvgIpc) is 2.76. The van der Waals surface area contributed by atoms with Crippen LogP contribution in [0.5, 0.6) is 5.75 Å². The van der Waals surface area contributed by atoms with Gasteiger partial charge in [0, 0.05) is 11.8 Å². The molecule has 2 aromatic carbocycles. The molecule has 1 heterocycles. The number of sulfone groups is 1. The fraction of sp³-hybridized carbons (Fsp3) is 0.333. The lowest BCUT2D eigenvalue weighted by Gasteiger charge is -2.18. The van der Waals surface area contributed by atoms with Gasteiger partial charge in [-0.2, -0.15) is 23.0 Å². The maximum absolute atomic E-state index is 13.3. The number of hydrogen-bond acceptors (Lipinski definition) is 6. The summed E-state index contributed by atoms with van der Waals surface area (Å²) in [7, 11) is -3.44. The van der Waals surface area contributed by atoms with Crippen molar-refractivity contribution >= 4 is 9.84 Å². The monoisotopic (exact) mass is 510 g/mol. The summed E-state index contributed by atoms with van der Waals surface area (Å²) in [5.41, 5.74) is -2.05. The largest absolute Gasteiger partial charge is 0.487 e. The number of halogens is 3. The van der Waals surface area contributed by atoms with Crippen molar-refractivity contribution in [1.82, 2.24) is 9.78 Å². The summed E-state index contributed by atoms with van der Waals surface area (Å²) in [4.78, 5) is 13.4. The number of benzene rings is 2. The highest BCUT2D eigenvalue weighted by molar-refractivity contribution is 7.90. The van der Waals surface area contributed by atoms with Crippen LogP contribution in [0.3, 0.4) is 0 Å². The molecule has 0 radical (unpaired) electrons. The van der Waals surface area contributed by atoms with E-state index in [2.05, 4.69) is 5.10 Å². The molecule has 0 amide bonds. The molecule has 3 rings (SSSR count). The van der Waals surface area contributed by atoms with Crippen LogP contribution in [0.15, 0.2) is 64.4 Å². The van der Waals surface area contributed by atoms with E-state index in [0.717, 1.165) is 23.1 Å². The van der Waals surface area contributed by atoms with E-state index in [4.69, 9.17) is 4.74 Å². The number of nitrogens with zero attached hydrogens (tertiary/aromatic N) is 2. The van der Waals surface area contributed by atoms with Crippen molar-refractivity contribution in [1.29, 1.82) is 0 Å². The Bertz CT molecular complexity index is 1360. The van der Waals surface area contributed by atoms with Gasteiger partial charge >= 0.3 is 11.7 Å². The van der Waals surface area contributed by atoms with E-state index in [1.807, 2.05) is 0 Å². The van der Waals surface area contributed by atoms with Crippen LogP contribution in [0.25, 0.3) is 16.8 Å². The molecule has 0 aliphatic heterocycles. The molecule has 7 nitrogen and oxygen atoms in total. The zero-order valence-electron chi connectivity index (χ0n) is 19.3. The van der Waals surface area contributed by atoms with Crippen molar-refractivity contribution in [2.75, 3.05) is 12.9 Å². The number of aromatic nitrogens is 2. The zero-order valence-corrected chi connectivity index (χ0v) is 20.2. The van der Waals surface area contributed by atoms with Crippen molar-refractivity contribution in [2.24, 2.45) is 0 Å². The summed E-state index contributed by atoms with van der Waals surface area (Å²) in [6, 6.07) is 9.93. The summed E-state index contributed by atoms with van der Waals surface area (Å²) in [6.45, 7) is 3.32. The molecule has 0 saturated heterocycles. The number of rotatable bonds is 8. The molecule has 0 bridgehead atoms. The second-order valence-electron chi connectivity index (χ2n) is 8.71. The highest BCUT2D eigenvalue weighted by atomic mass is 32.2. The number of hydrogen-bond donors (Lipinski definition) is 1. The van der Waals surface area contributed by atoms with Crippen LogP contribution in [0.2, 0.25) is 0 Å².